The fourth-order valence-corrected chi connectivity index (χ4v) is 2.93. The third-order valence-electron chi connectivity index (χ3n) is 3.76. The van der Waals surface area contributed by atoms with Crippen LogP contribution in [0.1, 0.15) is 32.6 Å². The van der Waals surface area contributed by atoms with Gasteiger partial charge in [0.05, 0.1) is 0 Å². The van der Waals surface area contributed by atoms with Crippen LogP contribution in [0.25, 0.3) is 0 Å². The molecule has 0 aromatic heterocycles. The van der Waals surface area contributed by atoms with Crippen LogP contribution in [0.5, 0.6) is 0 Å². The summed E-state index contributed by atoms with van der Waals surface area (Å²) in [5, 5.41) is 0. The lowest BCUT2D eigenvalue weighted by atomic mass is 10.0. The highest BCUT2D eigenvalue weighted by atomic mass is 32.1. The zero-order valence-electron chi connectivity index (χ0n) is 11.2. The van der Waals surface area contributed by atoms with Gasteiger partial charge in [0, 0.05) is 12.6 Å². The van der Waals surface area contributed by atoms with Gasteiger partial charge in [-0.2, -0.15) is 12.6 Å². The molecule has 0 bridgehead atoms. The number of rotatable bonds is 6. The van der Waals surface area contributed by atoms with Gasteiger partial charge >= 0.3 is 0 Å². The van der Waals surface area contributed by atoms with Crippen molar-refractivity contribution in [1.29, 1.82) is 0 Å². The van der Waals surface area contributed by atoms with E-state index in [4.69, 9.17) is 0 Å². The van der Waals surface area contributed by atoms with E-state index in [0.717, 1.165) is 17.7 Å². The van der Waals surface area contributed by atoms with E-state index in [1.807, 2.05) is 0 Å². The molecule has 2 nitrogen and oxygen atoms in total. The minimum Gasteiger partial charge on any atom is -0.306 e. The number of thiol groups is 1. The third kappa shape index (κ3) is 4.64. The number of nitrogens with zero attached hydrogens (tertiary/aromatic N) is 2. The number of hydrogen-bond acceptors (Lipinski definition) is 3. The molecule has 0 radical (unpaired) electrons. The Labute approximate surface area is 107 Å². The van der Waals surface area contributed by atoms with Crippen LogP contribution in [0.4, 0.5) is 0 Å². The maximum atomic E-state index is 4.46. The number of hydrogen-bond donors (Lipinski definition) is 1. The monoisotopic (exact) mass is 244 g/mol. The summed E-state index contributed by atoms with van der Waals surface area (Å²) in [6.45, 7) is 6.08. The maximum absolute atomic E-state index is 4.46. The summed E-state index contributed by atoms with van der Waals surface area (Å²) in [7, 11) is 4.40. The summed E-state index contributed by atoms with van der Waals surface area (Å²) >= 11 is 4.46. The predicted molar refractivity (Wildman–Crippen MR) is 75.4 cm³/mol. The zero-order chi connectivity index (χ0) is 12.0. The van der Waals surface area contributed by atoms with Crippen molar-refractivity contribution in [3.63, 3.8) is 0 Å². The first-order valence-electron chi connectivity index (χ1n) is 6.67. The molecule has 0 aliphatic carbocycles. The average Bonchev–Trinajstić information content (AvgIpc) is 2.29. The first kappa shape index (κ1) is 14.3. The zero-order valence-corrected chi connectivity index (χ0v) is 12.0. The van der Waals surface area contributed by atoms with Gasteiger partial charge in [0.15, 0.2) is 0 Å². The topological polar surface area (TPSA) is 6.48 Å². The quantitative estimate of drug-likeness (QED) is 0.717. The Balaban J connectivity index is 2.25. The van der Waals surface area contributed by atoms with Gasteiger partial charge in [-0.05, 0) is 58.1 Å². The Kier molecular flexibility index (Phi) is 6.78. The second kappa shape index (κ2) is 7.57. The van der Waals surface area contributed by atoms with E-state index in [2.05, 4.69) is 43.4 Å². The van der Waals surface area contributed by atoms with E-state index < -0.39 is 0 Å². The molecule has 16 heavy (non-hydrogen) atoms. The molecular formula is C13H28N2S. The van der Waals surface area contributed by atoms with E-state index in [0.29, 0.717) is 0 Å². The highest BCUT2D eigenvalue weighted by molar-refractivity contribution is 7.80. The second-order valence-electron chi connectivity index (χ2n) is 5.33. The van der Waals surface area contributed by atoms with Gasteiger partial charge in [-0.1, -0.05) is 13.3 Å². The van der Waals surface area contributed by atoms with Crippen LogP contribution >= 0.6 is 12.6 Å². The molecule has 0 saturated carbocycles. The fourth-order valence-electron chi connectivity index (χ4n) is 2.63. The van der Waals surface area contributed by atoms with Crippen LogP contribution in [0.3, 0.4) is 0 Å². The van der Waals surface area contributed by atoms with Crippen molar-refractivity contribution in [2.24, 2.45) is 5.92 Å². The van der Waals surface area contributed by atoms with E-state index >= 15 is 0 Å². The van der Waals surface area contributed by atoms with Crippen molar-refractivity contribution in [1.82, 2.24) is 9.80 Å². The molecule has 1 fully saturated rings. The summed E-state index contributed by atoms with van der Waals surface area (Å²) in [4.78, 5) is 5.01. The molecule has 1 atom stereocenters. The molecule has 96 valence electrons. The lowest BCUT2D eigenvalue weighted by molar-refractivity contribution is 0.131. The molecule has 0 aromatic carbocycles. The fraction of sp³-hybridized carbons (Fsp3) is 1.00. The van der Waals surface area contributed by atoms with Gasteiger partial charge < -0.3 is 9.80 Å². The van der Waals surface area contributed by atoms with Crippen LogP contribution in [0, 0.1) is 5.92 Å². The van der Waals surface area contributed by atoms with Crippen molar-refractivity contribution in [3.8, 4) is 0 Å². The normalized spacial score (nSPS) is 21.6. The largest absolute Gasteiger partial charge is 0.306 e. The molecule has 1 aliphatic heterocycles. The van der Waals surface area contributed by atoms with E-state index in [9.17, 15) is 0 Å². The lowest BCUT2D eigenvalue weighted by Gasteiger charge is -2.36. The Morgan fingerprint density at radius 1 is 1.31 bits per heavy atom. The third-order valence-corrected chi connectivity index (χ3v) is 4.28. The molecule has 1 heterocycles. The number of likely N-dealkylation sites (tertiary alicyclic amines) is 1. The van der Waals surface area contributed by atoms with Crippen LogP contribution < -0.4 is 0 Å². The van der Waals surface area contributed by atoms with Crippen molar-refractivity contribution in [2.45, 2.75) is 38.6 Å². The summed E-state index contributed by atoms with van der Waals surface area (Å²) in [5.74, 6) is 1.84. The van der Waals surface area contributed by atoms with Crippen molar-refractivity contribution in [2.75, 3.05) is 39.5 Å². The van der Waals surface area contributed by atoms with Gasteiger partial charge in [-0.3, -0.25) is 0 Å². The molecule has 3 heteroatoms. The van der Waals surface area contributed by atoms with Crippen molar-refractivity contribution >= 4 is 12.6 Å². The van der Waals surface area contributed by atoms with Gasteiger partial charge in [0.1, 0.15) is 0 Å². The molecule has 0 amide bonds. The average molecular weight is 244 g/mol. The standard InChI is InChI=1S/C13H28N2S/c1-4-5-12(11-16)10-15-8-6-13(7-9-15)14(2)3/h12-13,16H,4-11H2,1-3H3. The molecule has 1 aliphatic rings. The molecule has 0 N–H and O–H groups in total. The molecule has 0 spiro atoms. The van der Waals surface area contributed by atoms with Gasteiger partial charge in [-0.25, -0.2) is 0 Å². The Bertz CT molecular complexity index is 177. The van der Waals surface area contributed by atoms with E-state index in [1.165, 1.54) is 45.3 Å². The first-order chi connectivity index (χ1) is 7.67. The Hall–Kier alpha value is 0.270. The predicted octanol–water partition coefficient (Wildman–Crippen LogP) is 2.36. The highest BCUT2D eigenvalue weighted by Crippen LogP contribution is 2.17. The van der Waals surface area contributed by atoms with Crippen LogP contribution in [0.15, 0.2) is 0 Å². The Morgan fingerprint density at radius 3 is 2.38 bits per heavy atom. The Morgan fingerprint density at radius 2 is 1.94 bits per heavy atom. The minimum absolute atomic E-state index is 0.796. The molecule has 0 aromatic rings. The summed E-state index contributed by atoms with van der Waals surface area (Å²) in [5.41, 5.74) is 0. The van der Waals surface area contributed by atoms with E-state index in [1.54, 1.807) is 0 Å². The molecule has 1 unspecified atom stereocenters. The summed E-state index contributed by atoms with van der Waals surface area (Å²) in [6, 6.07) is 0.803. The van der Waals surface area contributed by atoms with Gasteiger partial charge in [-0.15, -0.1) is 0 Å². The SMILES string of the molecule is CCCC(CS)CN1CCC(N(C)C)CC1. The molecular weight excluding hydrogens is 216 g/mol. The molecule has 1 saturated heterocycles. The number of piperidine rings is 1. The maximum Gasteiger partial charge on any atom is 0.0113 e. The minimum atomic E-state index is 0.796. The van der Waals surface area contributed by atoms with Crippen LogP contribution in [-0.4, -0.2) is 55.3 Å². The first-order valence-corrected chi connectivity index (χ1v) is 7.30. The second-order valence-corrected chi connectivity index (χ2v) is 5.70. The van der Waals surface area contributed by atoms with E-state index in [-0.39, 0.29) is 0 Å². The summed E-state index contributed by atoms with van der Waals surface area (Å²) in [6.07, 6.45) is 5.29. The van der Waals surface area contributed by atoms with Crippen LogP contribution in [-0.2, 0) is 0 Å². The van der Waals surface area contributed by atoms with Gasteiger partial charge in [0.2, 0.25) is 0 Å². The lowest BCUT2D eigenvalue weighted by Crippen LogP contribution is -2.43. The van der Waals surface area contributed by atoms with Crippen molar-refractivity contribution in [3.05, 3.63) is 0 Å². The van der Waals surface area contributed by atoms with Crippen LogP contribution in [0.2, 0.25) is 0 Å². The van der Waals surface area contributed by atoms with Gasteiger partial charge in [0.25, 0.3) is 0 Å². The summed E-state index contributed by atoms with van der Waals surface area (Å²) < 4.78 is 0. The smallest absolute Gasteiger partial charge is 0.0113 e. The van der Waals surface area contributed by atoms with Crippen molar-refractivity contribution < 1.29 is 0 Å². The highest BCUT2D eigenvalue weighted by Gasteiger charge is 2.21. The molecule has 1 rings (SSSR count).